The van der Waals surface area contributed by atoms with Crippen molar-refractivity contribution >= 4 is 16.7 Å². The summed E-state index contributed by atoms with van der Waals surface area (Å²) in [5, 5.41) is 4.78. The van der Waals surface area contributed by atoms with Crippen molar-refractivity contribution in [3.8, 4) is 0 Å². The first-order valence-electron chi connectivity index (χ1n) is 12.1. The number of Topliss-reactive ketones (excluding diaryl/α,β-unsaturated/α-hetero) is 1. The predicted molar refractivity (Wildman–Crippen MR) is 121 cm³/mol. The maximum Gasteiger partial charge on any atom is 0.133 e. The van der Waals surface area contributed by atoms with Gasteiger partial charge >= 0.3 is 0 Å². The average molecular weight is 395 g/mol. The van der Waals surface area contributed by atoms with Gasteiger partial charge in [0.15, 0.2) is 0 Å². The first-order chi connectivity index (χ1) is 14.3. The molecule has 4 rings (SSSR count). The molecule has 2 heterocycles. The summed E-state index contributed by atoms with van der Waals surface area (Å²) >= 11 is 0. The molecule has 3 nitrogen and oxygen atoms in total. The molecule has 0 bridgehead atoms. The minimum Gasteiger partial charge on any atom is -0.347 e. The van der Waals surface area contributed by atoms with Crippen molar-refractivity contribution in [2.75, 3.05) is 13.1 Å². The second-order valence-corrected chi connectivity index (χ2v) is 9.45. The molecule has 0 atom stereocenters. The van der Waals surface area contributed by atoms with Crippen LogP contribution in [0.4, 0.5) is 0 Å². The topological polar surface area (TPSA) is 34.0 Å². The summed E-state index contributed by atoms with van der Waals surface area (Å²) in [5.41, 5.74) is 2.72. The molecule has 0 spiro atoms. The van der Waals surface area contributed by atoms with Crippen LogP contribution in [-0.2, 0) is 17.8 Å². The first-order valence-corrected chi connectivity index (χ1v) is 12.1. The van der Waals surface area contributed by atoms with Crippen molar-refractivity contribution in [3.05, 3.63) is 36.0 Å². The number of piperidine rings is 1. The lowest BCUT2D eigenvalue weighted by atomic mass is 9.89. The molecule has 2 aliphatic rings. The number of aromatic nitrogens is 1. The normalized spacial score (nSPS) is 19.0. The van der Waals surface area contributed by atoms with Gasteiger partial charge in [-0.25, -0.2) is 0 Å². The third-order valence-electron chi connectivity index (χ3n) is 7.25. The van der Waals surface area contributed by atoms with Crippen molar-refractivity contribution < 1.29 is 4.79 Å². The van der Waals surface area contributed by atoms with Gasteiger partial charge < -0.3 is 9.88 Å². The van der Waals surface area contributed by atoms with Gasteiger partial charge in [-0.2, -0.15) is 0 Å². The molecule has 1 N–H and O–H groups in total. The van der Waals surface area contributed by atoms with E-state index in [1.807, 2.05) is 0 Å². The van der Waals surface area contributed by atoms with Gasteiger partial charge in [-0.3, -0.25) is 4.79 Å². The Morgan fingerprint density at radius 2 is 1.76 bits per heavy atom. The number of carbonyl (C=O) groups is 1. The van der Waals surface area contributed by atoms with Gasteiger partial charge in [0.05, 0.1) is 0 Å². The number of para-hydroxylation sites is 1. The van der Waals surface area contributed by atoms with Gasteiger partial charge in [0.2, 0.25) is 0 Å². The third kappa shape index (κ3) is 5.72. The number of ketones is 1. The monoisotopic (exact) mass is 394 g/mol. The van der Waals surface area contributed by atoms with Gasteiger partial charge in [0, 0.05) is 36.5 Å². The van der Waals surface area contributed by atoms with Crippen LogP contribution >= 0.6 is 0 Å². The quantitative estimate of drug-likeness (QED) is 0.575. The molecule has 1 saturated carbocycles. The molecule has 1 saturated heterocycles. The van der Waals surface area contributed by atoms with Crippen LogP contribution < -0.4 is 5.32 Å². The number of nitrogens with one attached hydrogen (secondary N) is 1. The second kappa shape index (κ2) is 10.4. The van der Waals surface area contributed by atoms with Crippen LogP contribution in [0.1, 0.15) is 76.2 Å². The fourth-order valence-electron chi connectivity index (χ4n) is 5.48. The van der Waals surface area contributed by atoms with Gasteiger partial charge in [0.1, 0.15) is 5.78 Å². The Morgan fingerprint density at radius 1 is 0.966 bits per heavy atom. The molecule has 29 heavy (non-hydrogen) atoms. The fourth-order valence-corrected chi connectivity index (χ4v) is 5.48. The second-order valence-electron chi connectivity index (χ2n) is 9.45. The lowest BCUT2D eigenvalue weighted by Crippen LogP contribution is -2.27. The summed E-state index contributed by atoms with van der Waals surface area (Å²) in [4.78, 5) is 12.5. The van der Waals surface area contributed by atoms with E-state index >= 15 is 0 Å². The van der Waals surface area contributed by atoms with Crippen molar-refractivity contribution in [3.63, 3.8) is 0 Å². The molecule has 158 valence electrons. The summed E-state index contributed by atoms with van der Waals surface area (Å²) in [7, 11) is 0. The number of carbonyl (C=O) groups excluding carboxylic acids is 1. The Labute approximate surface area is 176 Å². The summed E-state index contributed by atoms with van der Waals surface area (Å²) in [6.07, 6.45) is 16.5. The van der Waals surface area contributed by atoms with Crippen LogP contribution in [-0.4, -0.2) is 23.4 Å². The first kappa shape index (κ1) is 20.7. The van der Waals surface area contributed by atoms with E-state index in [-0.39, 0.29) is 0 Å². The Bertz CT molecular complexity index is 781. The van der Waals surface area contributed by atoms with E-state index in [0.29, 0.717) is 12.2 Å². The van der Waals surface area contributed by atoms with Crippen molar-refractivity contribution in [1.82, 2.24) is 9.88 Å². The third-order valence-corrected chi connectivity index (χ3v) is 7.25. The minimum absolute atomic E-state index is 0.447. The Morgan fingerprint density at radius 3 is 2.59 bits per heavy atom. The van der Waals surface area contributed by atoms with Gasteiger partial charge in [-0.1, -0.05) is 37.5 Å². The minimum atomic E-state index is 0.447. The molecule has 1 aliphatic carbocycles. The van der Waals surface area contributed by atoms with E-state index in [0.717, 1.165) is 50.7 Å². The highest BCUT2D eigenvalue weighted by atomic mass is 16.1. The van der Waals surface area contributed by atoms with Crippen LogP contribution in [0.3, 0.4) is 0 Å². The molecule has 0 amide bonds. The van der Waals surface area contributed by atoms with Crippen molar-refractivity contribution in [2.24, 2.45) is 11.8 Å². The predicted octanol–water partition coefficient (Wildman–Crippen LogP) is 5.89. The van der Waals surface area contributed by atoms with Gasteiger partial charge in [-0.15, -0.1) is 0 Å². The highest BCUT2D eigenvalue weighted by Crippen LogP contribution is 2.29. The number of aryl methyl sites for hydroxylation is 1. The van der Waals surface area contributed by atoms with Crippen LogP contribution in [0.5, 0.6) is 0 Å². The maximum absolute atomic E-state index is 12.5. The Kier molecular flexibility index (Phi) is 7.43. The number of fused-ring (bicyclic) bond motifs is 1. The largest absolute Gasteiger partial charge is 0.347 e. The zero-order valence-corrected chi connectivity index (χ0v) is 18.0. The number of hydrogen-bond acceptors (Lipinski definition) is 2. The molecule has 1 aromatic carbocycles. The van der Waals surface area contributed by atoms with Crippen LogP contribution in [0.15, 0.2) is 30.5 Å². The SMILES string of the molecule is O=C(CCCC1CCNCC1)CCc1cn(CC2CCCCC2)c2ccccc12. The molecule has 1 aliphatic heterocycles. The summed E-state index contributed by atoms with van der Waals surface area (Å²) in [5.74, 6) is 2.11. The number of nitrogens with zero attached hydrogens (tertiary/aromatic N) is 1. The Hall–Kier alpha value is -1.61. The molecule has 3 heteroatoms. The van der Waals surface area contributed by atoms with E-state index in [2.05, 4.69) is 40.3 Å². The molecule has 0 unspecified atom stereocenters. The van der Waals surface area contributed by atoms with E-state index in [1.54, 1.807) is 0 Å². The summed E-state index contributed by atoms with van der Waals surface area (Å²) < 4.78 is 2.47. The van der Waals surface area contributed by atoms with Crippen LogP contribution in [0.25, 0.3) is 10.9 Å². The van der Waals surface area contributed by atoms with E-state index < -0.39 is 0 Å². The van der Waals surface area contributed by atoms with Gasteiger partial charge in [-0.05, 0) is 81.5 Å². The number of hydrogen-bond donors (Lipinski definition) is 1. The fraction of sp³-hybridized carbons (Fsp3) is 0.654. The molecular formula is C26H38N2O. The van der Waals surface area contributed by atoms with Crippen molar-refractivity contribution in [1.29, 1.82) is 0 Å². The van der Waals surface area contributed by atoms with Crippen molar-refractivity contribution in [2.45, 2.75) is 83.6 Å². The highest BCUT2D eigenvalue weighted by molar-refractivity contribution is 5.85. The molecule has 2 fully saturated rings. The highest BCUT2D eigenvalue weighted by Gasteiger charge is 2.17. The average Bonchev–Trinajstić information content (AvgIpc) is 3.11. The smallest absolute Gasteiger partial charge is 0.133 e. The van der Waals surface area contributed by atoms with Crippen LogP contribution in [0, 0.1) is 11.8 Å². The lowest BCUT2D eigenvalue weighted by molar-refractivity contribution is -0.119. The summed E-state index contributed by atoms with van der Waals surface area (Å²) in [6.45, 7) is 3.46. The number of benzene rings is 1. The Balaban J connectivity index is 1.30. The zero-order valence-electron chi connectivity index (χ0n) is 18.0. The molecule has 2 aromatic rings. The van der Waals surface area contributed by atoms with E-state index in [9.17, 15) is 4.79 Å². The molecule has 0 radical (unpaired) electrons. The van der Waals surface area contributed by atoms with Crippen LogP contribution in [0.2, 0.25) is 0 Å². The molecular weight excluding hydrogens is 356 g/mol. The van der Waals surface area contributed by atoms with Gasteiger partial charge in [0.25, 0.3) is 0 Å². The number of rotatable bonds is 9. The maximum atomic E-state index is 12.5. The van der Waals surface area contributed by atoms with E-state index in [4.69, 9.17) is 0 Å². The molecule has 1 aromatic heterocycles. The standard InChI is InChI=1S/C26H38N2O/c29-24(10-6-9-21-15-17-27-18-16-21)14-13-23-20-28(19-22-7-2-1-3-8-22)26-12-5-4-11-25(23)26/h4-5,11-12,20-22,27H,1-3,6-10,13-19H2. The zero-order chi connectivity index (χ0) is 19.9. The summed E-state index contributed by atoms with van der Waals surface area (Å²) in [6, 6.07) is 8.78. The lowest BCUT2D eigenvalue weighted by Gasteiger charge is -2.22. The van der Waals surface area contributed by atoms with E-state index in [1.165, 1.54) is 67.8 Å².